The van der Waals surface area contributed by atoms with Gasteiger partial charge in [-0.1, -0.05) is 0 Å². The zero-order chi connectivity index (χ0) is 14.1. The lowest BCUT2D eigenvalue weighted by molar-refractivity contribution is 0.194. The van der Waals surface area contributed by atoms with Gasteiger partial charge in [-0.2, -0.15) is 0 Å². The summed E-state index contributed by atoms with van der Waals surface area (Å²) in [5.74, 6) is -0.0935. The van der Waals surface area contributed by atoms with E-state index in [2.05, 4.69) is 10.6 Å². The van der Waals surface area contributed by atoms with Crippen LogP contribution in [0, 0.1) is 5.82 Å². The molecule has 5 nitrogen and oxygen atoms in total. The van der Waals surface area contributed by atoms with E-state index >= 15 is 0 Å². The molecule has 0 bridgehead atoms. The van der Waals surface area contributed by atoms with Crippen molar-refractivity contribution >= 4 is 11.7 Å². The highest BCUT2D eigenvalue weighted by atomic mass is 19.1. The number of carbonyl (C=O) groups is 1. The predicted octanol–water partition coefficient (Wildman–Crippen LogP) is 2.38. The first kappa shape index (κ1) is 15.2. The van der Waals surface area contributed by atoms with E-state index in [0.717, 1.165) is 6.42 Å². The SMILES string of the molecule is CCOc1cc(F)ccc1NC(=O)NCCCOC. The number of carbonyl (C=O) groups excluding carboxylic acids is 1. The molecule has 0 fully saturated rings. The van der Waals surface area contributed by atoms with Gasteiger partial charge >= 0.3 is 6.03 Å². The van der Waals surface area contributed by atoms with Crippen LogP contribution in [0.15, 0.2) is 18.2 Å². The predicted molar refractivity (Wildman–Crippen MR) is 71.1 cm³/mol. The average molecular weight is 270 g/mol. The summed E-state index contributed by atoms with van der Waals surface area (Å²) in [4.78, 5) is 11.6. The number of nitrogens with one attached hydrogen (secondary N) is 2. The number of methoxy groups -OCH3 is 1. The molecule has 0 saturated carbocycles. The number of anilines is 1. The van der Waals surface area contributed by atoms with Gasteiger partial charge in [-0.25, -0.2) is 9.18 Å². The van der Waals surface area contributed by atoms with Gasteiger partial charge < -0.3 is 20.1 Å². The molecule has 0 aliphatic heterocycles. The second kappa shape index (κ2) is 8.31. The van der Waals surface area contributed by atoms with Crippen LogP contribution in [0.5, 0.6) is 5.75 Å². The van der Waals surface area contributed by atoms with E-state index in [-0.39, 0.29) is 6.03 Å². The molecule has 0 saturated heterocycles. The lowest BCUT2D eigenvalue weighted by Gasteiger charge is -2.12. The van der Waals surface area contributed by atoms with Crippen molar-refractivity contribution in [1.82, 2.24) is 5.32 Å². The summed E-state index contributed by atoms with van der Waals surface area (Å²) in [5.41, 5.74) is 0.437. The average Bonchev–Trinajstić information content (AvgIpc) is 2.38. The summed E-state index contributed by atoms with van der Waals surface area (Å²) in [5, 5.41) is 5.29. The molecule has 0 unspecified atom stereocenters. The Kier molecular flexibility index (Phi) is 6.67. The van der Waals surface area contributed by atoms with Crippen LogP contribution in [0.25, 0.3) is 0 Å². The molecule has 0 atom stereocenters. The van der Waals surface area contributed by atoms with Crippen LogP contribution >= 0.6 is 0 Å². The molecule has 19 heavy (non-hydrogen) atoms. The molecule has 6 heteroatoms. The standard InChI is InChI=1S/C13H19FN2O3/c1-3-19-12-9-10(14)5-6-11(12)16-13(17)15-7-4-8-18-2/h5-6,9H,3-4,7-8H2,1-2H3,(H2,15,16,17). The van der Waals surface area contributed by atoms with E-state index in [9.17, 15) is 9.18 Å². The third-order valence-corrected chi connectivity index (χ3v) is 2.30. The van der Waals surface area contributed by atoms with Gasteiger partial charge in [-0.15, -0.1) is 0 Å². The Bertz CT molecular complexity index is 413. The van der Waals surface area contributed by atoms with Gasteiger partial charge in [-0.3, -0.25) is 0 Å². The van der Waals surface area contributed by atoms with E-state index < -0.39 is 5.82 Å². The quantitative estimate of drug-likeness (QED) is 0.748. The van der Waals surface area contributed by atoms with Crippen LogP contribution in [0.1, 0.15) is 13.3 Å². The number of hydrogen-bond acceptors (Lipinski definition) is 3. The molecule has 1 rings (SSSR count). The van der Waals surface area contributed by atoms with Crippen molar-refractivity contribution in [1.29, 1.82) is 0 Å². The summed E-state index contributed by atoms with van der Waals surface area (Å²) < 4.78 is 23.2. The largest absolute Gasteiger partial charge is 0.492 e. The number of benzene rings is 1. The number of rotatable bonds is 7. The van der Waals surface area contributed by atoms with Crippen LogP contribution in [0.4, 0.5) is 14.9 Å². The van der Waals surface area contributed by atoms with Crippen LogP contribution in [0.3, 0.4) is 0 Å². The van der Waals surface area contributed by atoms with Crippen LogP contribution < -0.4 is 15.4 Å². The van der Waals surface area contributed by atoms with Crippen molar-refractivity contribution in [2.24, 2.45) is 0 Å². The maximum atomic E-state index is 13.1. The molecular formula is C13H19FN2O3. The van der Waals surface area contributed by atoms with Gasteiger partial charge in [0, 0.05) is 26.3 Å². The fraction of sp³-hybridized carbons (Fsp3) is 0.462. The van der Waals surface area contributed by atoms with E-state index in [1.165, 1.54) is 18.2 Å². The lowest BCUT2D eigenvalue weighted by Crippen LogP contribution is -2.30. The maximum absolute atomic E-state index is 13.1. The zero-order valence-electron chi connectivity index (χ0n) is 11.2. The molecule has 0 aromatic heterocycles. The third kappa shape index (κ3) is 5.56. The summed E-state index contributed by atoms with van der Waals surface area (Å²) in [6.07, 6.45) is 0.728. The van der Waals surface area contributed by atoms with Gasteiger partial charge in [0.05, 0.1) is 12.3 Å². The summed E-state index contributed by atoms with van der Waals surface area (Å²) >= 11 is 0. The van der Waals surface area contributed by atoms with Crippen molar-refractivity contribution in [2.75, 3.05) is 32.2 Å². The Hall–Kier alpha value is -1.82. The minimum atomic E-state index is -0.408. The molecule has 0 radical (unpaired) electrons. The second-order valence-corrected chi connectivity index (χ2v) is 3.80. The fourth-order valence-electron chi connectivity index (χ4n) is 1.46. The van der Waals surface area contributed by atoms with Gasteiger partial charge in [0.25, 0.3) is 0 Å². The van der Waals surface area contributed by atoms with Gasteiger partial charge in [0.2, 0.25) is 0 Å². The number of halogens is 1. The zero-order valence-corrected chi connectivity index (χ0v) is 11.2. The highest BCUT2D eigenvalue weighted by Gasteiger charge is 2.08. The van der Waals surface area contributed by atoms with E-state index in [0.29, 0.717) is 31.2 Å². The molecule has 1 aromatic rings. The van der Waals surface area contributed by atoms with Crippen molar-refractivity contribution in [3.63, 3.8) is 0 Å². The number of ether oxygens (including phenoxy) is 2. The molecule has 0 spiro atoms. The summed E-state index contributed by atoms with van der Waals surface area (Å²) in [7, 11) is 1.60. The first-order valence-corrected chi connectivity index (χ1v) is 6.13. The van der Waals surface area contributed by atoms with Crippen molar-refractivity contribution in [2.45, 2.75) is 13.3 Å². The molecule has 0 heterocycles. The molecule has 0 aliphatic carbocycles. The Morgan fingerprint density at radius 3 is 2.89 bits per heavy atom. The van der Waals surface area contributed by atoms with Gasteiger partial charge in [-0.05, 0) is 25.5 Å². The number of hydrogen-bond donors (Lipinski definition) is 2. The van der Waals surface area contributed by atoms with Crippen LogP contribution in [-0.4, -0.2) is 32.9 Å². The molecule has 0 aliphatic rings. The van der Waals surface area contributed by atoms with Crippen LogP contribution in [-0.2, 0) is 4.74 Å². The maximum Gasteiger partial charge on any atom is 0.319 e. The first-order valence-electron chi connectivity index (χ1n) is 6.13. The number of urea groups is 1. The molecular weight excluding hydrogens is 251 g/mol. The van der Waals surface area contributed by atoms with Crippen LogP contribution in [0.2, 0.25) is 0 Å². The Morgan fingerprint density at radius 1 is 1.42 bits per heavy atom. The lowest BCUT2D eigenvalue weighted by atomic mass is 10.3. The number of amides is 2. The van der Waals surface area contributed by atoms with Crippen molar-refractivity contribution < 1.29 is 18.7 Å². The normalized spacial score (nSPS) is 10.1. The monoisotopic (exact) mass is 270 g/mol. The third-order valence-electron chi connectivity index (χ3n) is 2.30. The molecule has 106 valence electrons. The highest BCUT2D eigenvalue weighted by molar-refractivity contribution is 5.90. The molecule has 1 aromatic carbocycles. The summed E-state index contributed by atoms with van der Waals surface area (Å²) in [6, 6.07) is 3.62. The Balaban J connectivity index is 2.53. The fourth-order valence-corrected chi connectivity index (χ4v) is 1.46. The molecule has 2 amide bonds. The van der Waals surface area contributed by atoms with E-state index in [4.69, 9.17) is 9.47 Å². The minimum absolute atomic E-state index is 0.314. The second-order valence-electron chi connectivity index (χ2n) is 3.80. The van der Waals surface area contributed by atoms with E-state index in [1.54, 1.807) is 14.0 Å². The first-order chi connectivity index (χ1) is 9.17. The Morgan fingerprint density at radius 2 is 2.21 bits per heavy atom. The van der Waals surface area contributed by atoms with Crippen molar-refractivity contribution in [3.8, 4) is 5.75 Å². The smallest absolute Gasteiger partial charge is 0.319 e. The topological polar surface area (TPSA) is 59.6 Å². The Labute approximate surface area is 112 Å². The molecule has 2 N–H and O–H groups in total. The minimum Gasteiger partial charge on any atom is -0.492 e. The summed E-state index contributed by atoms with van der Waals surface area (Å²) in [6.45, 7) is 3.28. The van der Waals surface area contributed by atoms with Gasteiger partial charge in [0.15, 0.2) is 0 Å². The van der Waals surface area contributed by atoms with E-state index in [1.807, 2.05) is 0 Å². The van der Waals surface area contributed by atoms with Crippen molar-refractivity contribution in [3.05, 3.63) is 24.0 Å². The highest BCUT2D eigenvalue weighted by Crippen LogP contribution is 2.25. The van der Waals surface area contributed by atoms with Gasteiger partial charge in [0.1, 0.15) is 11.6 Å².